The Morgan fingerprint density at radius 1 is 1.36 bits per heavy atom. The van der Waals surface area contributed by atoms with E-state index in [1.54, 1.807) is 11.3 Å². The summed E-state index contributed by atoms with van der Waals surface area (Å²) in [7, 11) is 0. The fourth-order valence-electron chi connectivity index (χ4n) is 3.90. The van der Waals surface area contributed by atoms with Crippen LogP contribution in [0.4, 0.5) is 5.13 Å². The maximum absolute atomic E-state index is 12.3. The van der Waals surface area contributed by atoms with Gasteiger partial charge in [0.15, 0.2) is 5.13 Å². The molecule has 6 heteroatoms. The van der Waals surface area contributed by atoms with Crippen molar-refractivity contribution in [1.29, 1.82) is 0 Å². The van der Waals surface area contributed by atoms with E-state index in [1.165, 1.54) is 23.4 Å². The first kappa shape index (κ1) is 14.6. The minimum Gasteiger partial charge on any atom is -0.381 e. The standard InChI is InChI=1S/C16H23N3O2S/c20-14(9-19-7-5-16(10-19)6-8-21-11-16)18-15-17-12-3-1-2-4-13(12)22-15/h1-11H2,(H,17,18,20). The van der Waals surface area contributed by atoms with Crippen LogP contribution in [0.3, 0.4) is 0 Å². The van der Waals surface area contributed by atoms with Crippen molar-refractivity contribution >= 4 is 22.4 Å². The molecule has 1 aromatic heterocycles. The third kappa shape index (κ3) is 2.92. The number of anilines is 1. The van der Waals surface area contributed by atoms with E-state index in [0.717, 1.165) is 57.1 Å². The number of fused-ring (bicyclic) bond motifs is 1. The molecule has 1 aliphatic carbocycles. The monoisotopic (exact) mass is 321 g/mol. The lowest BCUT2D eigenvalue weighted by Crippen LogP contribution is -2.34. The molecule has 1 N–H and O–H groups in total. The Morgan fingerprint density at radius 3 is 3.09 bits per heavy atom. The van der Waals surface area contributed by atoms with Gasteiger partial charge in [-0.2, -0.15) is 0 Å². The molecule has 4 rings (SSSR count). The molecule has 5 nitrogen and oxygen atoms in total. The SMILES string of the molecule is O=C(CN1CCC2(CCOC2)C1)Nc1nc2c(s1)CCCC2. The van der Waals surface area contributed by atoms with Gasteiger partial charge in [-0.1, -0.05) is 0 Å². The van der Waals surface area contributed by atoms with Crippen molar-refractivity contribution in [2.45, 2.75) is 38.5 Å². The highest BCUT2D eigenvalue weighted by Crippen LogP contribution is 2.38. The zero-order chi connectivity index (χ0) is 15.0. The number of nitrogens with zero attached hydrogens (tertiary/aromatic N) is 2. The molecule has 3 heterocycles. The molecule has 0 saturated carbocycles. The molecule has 2 fully saturated rings. The molecule has 1 spiro atoms. The molecule has 1 atom stereocenters. The number of aromatic nitrogens is 1. The first-order valence-electron chi connectivity index (χ1n) is 8.31. The van der Waals surface area contributed by atoms with Gasteiger partial charge in [-0.3, -0.25) is 9.69 Å². The predicted molar refractivity (Wildman–Crippen MR) is 86.3 cm³/mol. The normalized spacial score (nSPS) is 28.2. The number of thiazole rings is 1. The van der Waals surface area contributed by atoms with E-state index in [-0.39, 0.29) is 5.91 Å². The largest absolute Gasteiger partial charge is 0.381 e. The number of hydrogen-bond donors (Lipinski definition) is 1. The van der Waals surface area contributed by atoms with Crippen molar-refractivity contribution < 1.29 is 9.53 Å². The van der Waals surface area contributed by atoms with Crippen LogP contribution >= 0.6 is 11.3 Å². The molecular weight excluding hydrogens is 298 g/mol. The van der Waals surface area contributed by atoms with E-state index in [4.69, 9.17) is 4.74 Å². The molecule has 2 aliphatic heterocycles. The number of ether oxygens (including phenoxy) is 1. The summed E-state index contributed by atoms with van der Waals surface area (Å²) in [4.78, 5) is 20.5. The van der Waals surface area contributed by atoms with Crippen molar-refractivity contribution in [3.05, 3.63) is 10.6 Å². The number of likely N-dealkylation sites (tertiary alicyclic amines) is 1. The highest BCUT2D eigenvalue weighted by Gasteiger charge is 2.41. The molecule has 0 aromatic carbocycles. The van der Waals surface area contributed by atoms with Crippen LogP contribution in [0.5, 0.6) is 0 Å². The van der Waals surface area contributed by atoms with Gasteiger partial charge in [0.2, 0.25) is 5.91 Å². The summed E-state index contributed by atoms with van der Waals surface area (Å²) in [5.74, 6) is 0.0714. The maximum atomic E-state index is 12.3. The van der Waals surface area contributed by atoms with Crippen LogP contribution in [0, 0.1) is 5.41 Å². The Bertz CT molecular complexity index is 542. The van der Waals surface area contributed by atoms with E-state index in [9.17, 15) is 4.79 Å². The van der Waals surface area contributed by atoms with Crippen LogP contribution in [0.1, 0.15) is 36.3 Å². The van der Waals surface area contributed by atoms with Gasteiger partial charge in [-0.25, -0.2) is 4.98 Å². The van der Waals surface area contributed by atoms with Crippen LogP contribution in [0.15, 0.2) is 0 Å². The van der Waals surface area contributed by atoms with Crippen molar-refractivity contribution in [3.63, 3.8) is 0 Å². The second-order valence-electron chi connectivity index (χ2n) is 6.91. The van der Waals surface area contributed by atoms with Gasteiger partial charge in [0.25, 0.3) is 0 Å². The van der Waals surface area contributed by atoms with Gasteiger partial charge >= 0.3 is 0 Å². The van der Waals surface area contributed by atoms with Crippen molar-refractivity contribution in [2.24, 2.45) is 5.41 Å². The second-order valence-corrected chi connectivity index (χ2v) is 7.99. The van der Waals surface area contributed by atoms with Gasteiger partial charge in [-0.15, -0.1) is 11.3 Å². The predicted octanol–water partition coefficient (Wildman–Crippen LogP) is 2.07. The van der Waals surface area contributed by atoms with Crippen LogP contribution < -0.4 is 5.32 Å². The summed E-state index contributed by atoms with van der Waals surface area (Å²) >= 11 is 1.66. The van der Waals surface area contributed by atoms with E-state index < -0.39 is 0 Å². The number of carbonyl (C=O) groups is 1. The minimum atomic E-state index is 0.0714. The lowest BCUT2D eigenvalue weighted by atomic mass is 9.87. The smallest absolute Gasteiger partial charge is 0.240 e. The first-order valence-corrected chi connectivity index (χ1v) is 9.13. The Balaban J connectivity index is 1.32. The molecule has 1 aromatic rings. The number of amides is 1. The number of aryl methyl sites for hydroxylation is 2. The minimum absolute atomic E-state index is 0.0714. The van der Waals surface area contributed by atoms with Gasteiger partial charge in [0, 0.05) is 23.4 Å². The molecule has 22 heavy (non-hydrogen) atoms. The van der Waals surface area contributed by atoms with Gasteiger partial charge in [-0.05, 0) is 45.1 Å². The van der Waals surface area contributed by atoms with E-state index >= 15 is 0 Å². The number of carbonyl (C=O) groups excluding carboxylic acids is 1. The molecular formula is C16H23N3O2S. The Labute approximate surface area is 135 Å². The summed E-state index contributed by atoms with van der Waals surface area (Å²) in [6.07, 6.45) is 6.96. The third-order valence-corrected chi connectivity index (χ3v) is 6.23. The topological polar surface area (TPSA) is 54.5 Å². The Kier molecular flexibility index (Phi) is 3.92. The lowest BCUT2D eigenvalue weighted by molar-refractivity contribution is -0.117. The Morgan fingerprint density at radius 2 is 2.27 bits per heavy atom. The molecule has 0 radical (unpaired) electrons. The van der Waals surface area contributed by atoms with E-state index in [1.807, 2.05) is 0 Å². The zero-order valence-electron chi connectivity index (χ0n) is 12.9. The maximum Gasteiger partial charge on any atom is 0.240 e. The van der Waals surface area contributed by atoms with E-state index in [2.05, 4.69) is 15.2 Å². The molecule has 3 aliphatic rings. The highest BCUT2D eigenvalue weighted by atomic mass is 32.1. The lowest BCUT2D eigenvalue weighted by Gasteiger charge is -2.21. The molecule has 120 valence electrons. The fraction of sp³-hybridized carbons (Fsp3) is 0.750. The fourth-order valence-corrected chi connectivity index (χ4v) is 4.97. The summed E-state index contributed by atoms with van der Waals surface area (Å²) in [6.45, 7) is 4.22. The quantitative estimate of drug-likeness (QED) is 0.926. The van der Waals surface area contributed by atoms with Crippen molar-refractivity contribution in [2.75, 3.05) is 38.2 Å². The van der Waals surface area contributed by atoms with Crippen LogP contribution in [-0.4, -0.2) is 48.6 Å². The molecule has 0 bridgehead atoms. The highest BCUT2D eigenvalue weighted by molar-refractivity contribution is 7.15. The van der Waals surface area contributed by atoms with Crippen LogP contribution in [-0.2, 0) is 22.4 Å². The summed E-state index contributed by atoms with van der Waals surface area (Å²) < 4.78 is 5.54. The second kappa shape index (κ2) is 5.91. The van der Waals surface area contributed by atoms with Crippen molar-refractivity contribution in [3.8, 4) is 0 Å². The van der Waals surface area contributed by atoms with Gasteiger partial charge < -0.3 is 10.1 Å². The summed E-state index contributed by atoms with van der Waals surface area (Å²) in [5, 5.41) is 3.79. The average Bonchev–Trinajstić information content (AvgIpc) is 3.20. The summed E-state index contributed by atoms with van der Waals surface area (Å²) in [5.41, 5.74) is 1.52. The number of nitrogens with one attached hydrogen (secondary N) is 1. The first-order chi connectivity index (χ1) is 10.7. The zero-order valence-corrected chi connectivity index (χ0v) is 13.7. The number of hydrogen-bond acceptors (Lipinski definition) is 5. The summed E-state index contributed by atoms with van der Waals surface area (Å²) in [6, 6.07) is 0. The Hall–Kier alpha value is -0.980. The van der Waals surface area contributed by atoms with Crippen molar-refractivity contribution in [1.82, 2.24) is 9.88 Å². The number of rotatable bonds is 3. The van der Waals surface area contributed by atoms with Crippen LogP contribution in [0.2, 0.25) is 0 Å². The molecule has 2 saturated heterocycles. The average molecular weight is 321 g/mol. The van der Waals surface area contributed by atoms with E-state index in [0.29, 0.717) is 12.0 Å². The van der Waals surface area contributed by atoms with Crippen LogP contribution in [0.25, 0.3) is 0 Å². The van der Waals surface area contributed by atoms with Gasteiger partial charge in [0.05, 0.1) is 18.8 Å². The third-order valence-electron chi connectivity index (χ3n) is 5.16. The molecule has 1 unspecified atom stereocenters. The van der Waals surface area contributed by atoms with Gasteiger partial charge in [0.1, 0.15) is 0 Å². The molecule has 1 amide bonds.